The molecular weight excluding hydrogens is 374 g/mol. The van der Waals surface area contributed by atoms with Crippen LogP contribution in [-0.4, -0.2) is 70.4 Å². The Morgan fingerprint density at radius 1 is 1.05 bits per heavy atom. The lowest BCUT2D eigenvalue weighted by atomic mass is 10.0. The lowest BCUT2D eigenvalue weighted by Crippen LogP contribution is -2.53. The normalized spacial score (nSPS) is 27.7. The SMILES string of the molecule is O=S(=O)(O)NC1COC(COS(=O)(=O)O)CC1OS(=O)(=O)O. The van der Waals surface area contributed by atoms with Gasteiger partial charge in [0.2, 0.25) is 0 Å². The van der Waals surface area contributed by atoms with Gasteiger partial charge in [-0.1, -0.05) is 0 Å². The Balaban J connectivity index is 2.79. The summed E-state index contributed by atoms with van der Waals surface area (Å²) in [6, 6.07) is -1.38. The van der Waals surface area contributed by atoms with Crippen molar-refractivity contribution < 1.29 is 52.0 Å². The van der Waals surface area contributed by atoms with Crippen LogP contribution in [0.15, 0.2) is 0 Å². The molecule has 0 aromatic rings. The van der Waals surface area contributed by atoms with Crippen molar-refractivity contribution in [3.63, 3.8) is 0 Å². The second-order valence-electron chi connectivity index (χ2n) is 4.17. The van der Waals surface area contributed by atoms with Crippen molar-refractivity contribution in [2.24, 2.45) is 0 Å². The van der Waals surface area contributed by atoms with Crippen LogP contribution in [-0.2, 0) is 44.2 Å². The molecule has 1 aliphatic rings. The first-order valence-electron chi connectivity index (χ1n) is 5.39. The molecule has 3 unspecified atom stereocenters. The Kier molecular flexibility index (Phi) is 6.23. The first-order chi connectivity index (χ1) is 9.75. The molecule has 0 amide bonds. The molecule has 1 rings (SSSR count). The van der Waals surface area contributed by atoms with Gasteiger partial charge in [0.15, 0.2) is 0 Å². The van der Waals surface area contributed by atoms with E-state index in [4.69, 9.17) is 18.4 Å². The number of hydrogen-bond donors (Lipinski definition) is 4. The van der Waals surface area contributed by atoms with Crippen molar-refractivity contribution in [2.75, 3.05) is 13.2 Å². The summed E-state index contributed by atoms with van der Waals surface area (Å²) in [6.45, 7) is -1.23. The van der Waals surface area contributed by atoms with Crippen molar-refractivity contribution in [1.82, 2.24) is 4.72 Å². The van der Waals surface area contributed by atoms with Gasteiger partial charge >= 0.3 is 31.1 Å². The van der Waals surface area contributed by atoms with E-state index < -0.39 is 69.0 Å². The van der Waals surface area contributed by atoms with Crippen LogP contribution in [0.25, 0.3) is 0 Å². The van der Waals surface area contributed by atoms with Crippen molar-refractivity contribution >= 4 is 31.1 Å². The Morgan fingerprint density at radius 3 is 2.09 bits per heavy atom. The molecule has 0 bridgehead atoms. The fraction of sp³-hybridized carbons (Fsp3) is 1.00. The minimum atomic E-state index is -4.96. The summed E-state index contributed by atoms with van der Waals surface area (Å²) < 4.78 is 104. The summed E-state index contributed by atoms with van der Waals surface area (Å²) in [5, 5.41) is 0. The molecule has 16 heteroatoms. The summed E-state index contributed by atoms with van der Waals surface area (Å²) in [5.41, 5.74) is 0. The van der Waals surface area contributed by atoms with Gasteiger partial charge in [0, 0.05) is 6.42 Å². The van der Waals surface area contributed by atoms with Crippen molar-refractivity contribution in [3.05, 3.63) is 0 Å². The minimum Gasteiger partial charge on any atom is -0.374 e. The largest absolute Gasteiger partial charge is 0.397 e. The van der Waals surface area contributed by atoms with E-state index in [2.05, 4.69) is 8.37 Å². The van der Waals surface area contributed by atoms with Crippen LogP contribution < -0.4 is 4.72 Å². The molecule has 0 radical (unpaired) electrons. The molecule has 13 nitrogen and oxygen atoms in total. The molecule has 1 aliphatic heterocycles. The molecule has 4 N–H and O–H groups in total. The number of rotatable bonds is 7. The zero-order valence-corrected chi connectivity index (χ0v) is 13.0. The Hall–Kier alpha value is -0.430. The van der Waals surface area contributed by atoms with Gasteiger partial charge in [-0.2, -0.15) is 30.0 Å². The zero-order chi connectivity index (χ0) is 17.2. The monoisotopic (exact) mass is 387 g/mol. The zero-order valence-electron chi connectivity index (χ0n) is 10.6. The topological polar surface area (TPSA) is 203 Å². The quantitative estimate of drug-likeness (QED) is 0.336. The molecule has 0 aromatic heterocycles. The molecule has 0 aliphatic carbocycles. The molecule has 0 spiro atoms. The van der Waals surface area contributed by atoms with Gasteiger partial charge in [-0.15, -0.1) is 0 Å². The second-order valence-corrected chi connectivity index (χ2v) is 7.49. The summed E-state index contributed by atoms with van der Waals surface area (Å²) >= 11 is 0. The third-order valence-electron chi connectivity index (χ3n) is 2.40. The molecule has 0 saturated carbocycles. The van der Waals surface area contributed by atoms with Crippen LogP contribution in [0.2, 0.25) is 0 Å². The number of hydrogen-bond acceptors (Lipinski definition) is 9. The highest BCUT2D eigenvalue weighted by atomic mass is 32.3. The van der Waals surface area contributed by atoms with E-state index in [1.54, 1.807) is 4.72 Å². The van der Waals surface area contributed by atoms with E-state index in [-0.39, 0.29) is 0 Å². The van der Waals surface area contributed by atoms with E-state index in [1.165, 1.54) is 0 Å². The highest BCUT2D eigenvalue weighted by Crippen LogP contribution is 2.20. The van der Waals surface area contributed by atoms with Gasteiger partial charge in [0.1, 0.15) is 6.10 Å². The first-order valence-corrected chi connectivity index (χ1v) is 9.56. The van der Waals surface area contributed by atoms with Crippen LogP contribution in [0.3, 0.4) is 0 Å². The molecule has 1 fully saturated rings. The van der Waals surface area contributed by atoms with Gasteiger partial charge < -0.3 is 4.74 Å². The number of nitrogens with one attached hydrogen (secondary N) is 1. The van der Waals surface area contributed by atoms with Crippen LogP contribution in [0, 0.1) is 0 Å². The van der Waals surface area contributed by atoms with E-state index in [0.29, 0.717) is 0 Å². The van der Waals surface area contributed by atoms with Crippen LogP contribution in [0.4, 0.5) is 0 Å². The van der Waals surface area contributed by atoms with E-state index in [9.17, 15) is 25.3 Å². The predicted molar refractivity (Wildman–Crippen MR) is 66.8 cm³/mol. The lowest BCUT2D eigenvalue weighted by molar-refractivity contribution is -0.0688. The highest BCUT2D eigenvalue weighted by molar-refractivity contribution is 7.83. The van der Waals surface area contributed by atoms with Crippen molar-refractivity contribution in [2.45, 2.75) is 24.7 Å². The summed E-state index contributed by atoms with van der Waals surface area (Å²) in [7, 11) is -14.4. The Bertz CT molecular complexity index is 680. The Morgan fingerprint density at radius 2 is 1.64 bits per heavy atom. The fourth-order valence-corrected chi connectivity index (χ4v) is 3.13. The third-order valence-corrected chi connectivity index (χ3v) is 3.93. The molecule has 0 aromatic carbocycles. The maximum absolute atomic E-state index is 10.7. The summed E-state index contributed by atoms with van der Waals surface area (Å²) in [5.74, 6) is 0. The number of ether oxygens (including phenoxy) is 1. The summed E-state index contributed by atoms with van der Waals surface area (Å²) in [4.78, 5) is 0. The van der Waals surface area contributed by atoms with Gasteiger partial charge in [0.05, 0.1) is 25.4 Å². The maximum Gasteiger partial charge on any atom is 0.397 e. The van der Waals surface area contributed by atoms with E-state index >= 15 is 0 Å². The predicted octanol–water partition coefficient (Wildman–Crippen LogP) is -2.46. The van der Waals surface area contributed by atoms with Gasteiger partial charge in [-0.25, -0.2) is 8.37 Å². The molecule has 132 valence electrons. The van der Waals surface area contributed by atoms with Gasteiger partial charge in [-0.3, -0.25) is 13.7 Å². The molecular formula is C6H13NO12S3. The standard InChI is InChI=1S/C6H13NO12S3/c8-20(9,10)7-5-3-17-4(2-18-21(11,12)13)1-6(5)19-22(14,15)16/h4-7H,1-3H2,(H,8,9,10)(H,11,12,13)(H,14,15,16). The first kappa shape index (κ1) is 19.6. The second kappa shape index (κ2) is 6.99. The van der Waals surface area contributed by atoms with Crippen molar-refractivity contribution in [3.8, 4) is 0 Å². The molecule has 1 heterocycles. The van der Waals surface area contributed by atoms with E-state index in [0.717, 1.165) is 0 Å². The van der Waals surface area contributed by atoms with Crippen LogP contribution >= 0.6 is 0 Å². The molecule has 22 heavy (non-hydrogen) atoms. The molecule has 3 atom stereocenters. The van der Waals surface area contributed by atoms with Gasteiger partial charge in [0.25, 0.3) is 0 Å². The smallest absolute Gasteiger partial charge is 0.374 e. The van der Waals surface area contributed by atoms with Crippen LogP contribution in [0.5, 0.6) is 0 Å². The minimum absolute atomic E-state index is 0.428. The average Bonchev–Trinajstić information content (AvgIpc) is 2.24. The van der Waals surface area contributed by atoms with E-state index in [1.807, 2.05) is 0 Å². The van der Waals surface area contributed by atoms with Gasteiger partial charge in [-0.05, 0) is 0 Å². The Labute approximate surface area is 126 Å². The van der Waals surface area contributed by atoms with Crippen molar-refractivity contribution in [1.29, 1.82) is 0 Å². The van der Waals surface area contributed by atoms with Crippen LogP contribution in [0.1, 0.15) is 6.42 Å². The summed E-state index contributed by atoms with van der Waals surface area (Å²) in [6.07, 6.45) is -3.03. The molecule has 1 saturated heterocycles. The highest BCUT2D eigenvalue weighted by Gasteiger charge is 2.37. The third kappa shape index (κ3) is 8.27. The lowest BCUT2D eigenvalue weighted by Gasteiger charge is -2.34. The fourth-order valence-electron chi connectivity index (χ4n) is 1.68. The maximum atomic E-state index is 10.7. The average molecular weight is 387 g/mol.